The standard InChI is InChI=1S/C28H24N2O5S/c1-15-12-16(2)23-21(13-15)36-28(29-23)30-24(17-8-10-19(34-3)11-9-17)22(26(32)27(30)33)25(31)18-6-5-7-20(14-18)35-4/h5-14,24,31H,1-4H3. The van der Waals surface area contributed by atoms with Crippen LogP contribution in [-0.2, 0) is 9.59 Å². The number of amides is 1. The van der Waals surface area contributed by atoms with Crippen LogP contribution >= 0.6 is 11.3 Å². The van der Waals surface area contributed by atoms with Crippen molar-refractivity contribution in [3.05, 3.63) is 88.5 Å². The van der Waals surface area contributed by atoms with Gasteiger partial charge >= 0.3 is 5.91 Å². The molecule has 1 unspecified atom stereocenters. The first-order valence-electron chi connectivity index (χ1n) is 11.3. The van der Waals surface area contributed by atoms with E-state index in [2.05, 4.69) is 0 Å². The Balaban J connectivity index is 1.73. The van der Waals surface area contributed by atoms with E-state index in [0.29, 0.717) is 27.8 Å². The van der Waals surface area contributed by atoms with E-state index in [1.54, 1.807) is 55.6 Å². The molecular formula is C28H24N2O5S. The highest BCUT2D eigenvalue weighted by Gasteiger charge is 2.48. The largest absolute Gasteiger partial charge is 0.507 e. The van der Waals surface area contributed by atoms with E-state index < -0.39 is 17.7 Å². The molecule has 1 aliphatic rings. The molecule has 1 N–H and O–H groups in total. The number of rotatable bonds is 5. The first-order chi connectivity index (χ1) is 17.3. The summed E-state index contributed by atoms with van der Waals surface area (Å²) in [5.74, 6) is -0.637. The molecule has 4 aromatic rings. The average molecular weight is 501 g/mol. The fraction of sp³-hybridized carbons (Fsp3) is 0.179. The first kappa shape index (κ1) is 23.6. The molecule has 2 heterocycles. The van der Waals surface area contributed by atoms with E-state index in [4.69, 9.17) is 14.5 Å². The zero-order valence-electron chi connectivity index (χ0n) is 20.2. The number of aryl methyl sites for hydroxylation is 2. The molecule has 1 aromatic heterocycles. The molecule has 182 valence electrons. The molecule has 7 nitrogen and oxygen atoms in total. The monoisotopic (exact) mass is 500 g/mol. The zero-order valence-corrected chi connectivity index (χ0v) is 21.1. The van der Waals surface area contributed by atoms with Crippen LogP contribution in [0.25, 0.3) is 16.0 Å². The molecule has 1 saturated heterocycles. The maximum absolute atomic E-state index is 13.5. The number of hydrogen-bond acceptors (Lipinski definition) is 7. The molecule has 8 heteroatoms. The lowest BCUT2D eigenvalue weighted by atomic mass is 9.95. The number of ether oxygens (including phenoxy) is 2. The summed E-state index contributed by atoms with van der Waals surface area (Å²) in [5.41, 5.74) is 3.87. The summed E-state index contributed by atoms with van der Waals surface area (Å²) in [6.07, 6.45) is 0. The van der Waals surface area contributed by atoms with E-state index in [1.165, 1.54) is 23.3 Å². The number of thiazole rings is 1. The van der Waals surface area contributed by atoms with Crippen molar-refractivity contribution in [2.45, 2.75) is 19.9 Å². The van der Waals surface area contributed by atoms with E-state index in [9.17, 15) is 14.7 Å². The van der Waals surface area contributed by atoms with Crippen molar-refractivity contribution in [1.82, 2.24) is 4.98 Å². The zero-order chi connectivity index (χ0) is 25.6. The van der Waals surface area contributed by atoms with Crippen LogP contribution in [0.2, 0.25) is 0 Å². The number of aliphatic hydroxyl groups is 1. The number of hydrogen-bond donors (Lipinski definition) is 1. The quantitative estimate of drug-likeness (QED) is 0.219. The van der Waals surface area contributed by atoms with E-state index >= 15 is 0 Å². The van der Waals surface area contributed by atoms with Gasteiger partial charge in [-0.3, -0.25) is 14.5 Å². The molecule has 1 aliphatic heterocycles. The minimum atomic E-state index is -0.871. The summed E-state index contributed by atoms with van der Waals surface area (Å²) in [6.45, 7) is 3.97. The number of fused-ring (bicyclic) bond motifs is 1. The number of aromatic nitrogens is 1. The number of Topliss-reactive ketones (excluding diaryl/α,β-unsaturated/α-hetero) is 1. The molecule has 36 heavy (non-hydrogen) atoms. The van der Waals surface area contributed by atoms with Crippen LogP contribution in [0.15, 0.2) is 66.2 Å². The number of benzene rings is 3. The second kappa shape index (κ2) is 9.13. The number of carbonyl (C=O) groups is 2. The number of aliphatic hydroxyl groups excluding tert-OH is 1. The van der Waals surface area contributed by atoms with Gasteiger partial charge in [-0.25, -0.2) is 4.98 Å². The molecule has 0 spiro atoms. The van der Waals surface area contributed by atoms with Gasteiger partial charge in [0, 0.05) is 5.56 Å². The fourth-order valence-electron chi connectivity index (χ4n) is 4.52. The summed E-state index contributed by atoms with van der Waals surface area (Å²) >= 11 is 1.34. The highest BCUT2D eigenvalue weighted by atomic mass is 32.1. The Morgan fingerprint density at radius 1 is 0.972 bits per heavy atom. The minimum Gasteiger partial charge on any atom is -0.507 e. The van der Waals surface area contributed by atoms with Crippen LogP contribution in [0, 0.1) is 13.8 Å². The predicted molar refractivity (Wildman–Crippen MR) is 140 cm³/mol. The molecule has 0 saturated carbocycles. The SMILES string of the molecule is COc1ccc(C2C(=C(O)c3cccc(OC)c3)C(=O)C(=O)N2c2nc3c(C)cc(C)cc3s2)cc1. The van der Waals surface area contributed by atoms with Gasteiger partial charge in [0.1, 0.15) is 17.3 Å². The van der Waals surface area contributed by atoms with Crippen LogP contribution in [0.4, 0.5) is 5.13 Å². The maximum Gasteiger partial charge on any atom is 0.301 e. The summed E-state index contributed by atoms with van der Waals surface area (Å²) in [4.78, 5) is 33.0. The third-order valence-corrected chi connectivity index (χ3v) is 7.25. The van der Waals surface area contributed by atoms with Crippen molar-refractivity contribution >= 4 is 44.1 Å². The third-order valence-electron chi connectivity index (χ3n) is 6.24. The molecule has 0 radical (unpaired) electrons. The van der Waals surface area contributed by atoms with Crippen LogP contribution in [-0.4, -0.2) is 36.0 Å². The number of nitrogens with zero attached hydrogens (tertiary/aromatic N) is 2. The smallest absolute Gasteiger partial charge is 0.301 e. The second-order valence-corrected chi connectivity index (χ2v) is 9.61. The molecule has 0 aliphatic carbocycles. The van der Waals surface area contributed by atoms with Gasteiger partial charge in [0.15, 0.2) is 5.13 Å². The summed E-state index contributed by atoms with van der Waals surface area (Å²) < 4.78 is 11.5. The van der Waals surface area contributed by atoms with Crippen LogP contribution < -0.4 is 14.4 Å². The highest BCUT2D eigenvalue weighted by Crippen LogP contribution is 2.45. The van der Waals surface area contributed by atoms with Gasteiger partial charge in [0.2, 0.25) is 0 Å². The van der Waals surface area contributed by atoms with Gasteiger partial charge < -0.3 is 14.6 Å². The van der Waals surface area contributed by atoms with Crippen molar-refractivity contribution in [3.8, 4) is 11.5 Å². The van der Waals surface area contributed by atoms with Gasteiger partial charge in [0.25, 0.3) is 5.78 Å². The van der Waals surface area contributed by atoms with Crippen molar-refractivity contribution in [1.29, 1.82) is 0 Å². The lowest BCUT2D eigenvalue weighted by Gasteiger charge is -2.23. The van der Waals surface area contributed by atoms with Crippen LogP contribution in [0.3, 0.4) is 0 Å². The Bertz CT molecular complexity index is 1540. The normalized spacial score (nSPS) is 17.1. The van der Waals surface area contributed by atoms with Crippen molar-refractivity contribution in [2.75, 3.05) is 19.1 Å². The van der Waals surface area contributed by atoms with Gasteiger partial charge in [-0.15, -0.1) is 0 Å². The van der Waals surface area contributed by atoms with Crippen molar-refractivity contribution < 1.29 is 24.2 Å². The maximum atomic E-state index is 13.5. The highest BCUT2D eigenvalue weighted by molar-refractivity contribution is 7.22. The van der Waals surface area contributed by atoms with Gasteiger partial charge in [-0.2, -0.15) is 0 Å². The Morgan fingerprint density at radius 3 is 2.39 bits per heavy atom. The topological polar surface area (TPSA) is 89.0 Å². The number of ketones is 1. The number of anilines is 1. The van der Waals surface area contributed by atoms with Crippen molar-refractivity contribution in [3.63, 3.8) is 0 Å². The number of carbonyl (C=O) groups excluding carboxylic acids is 2. The molecular weight excluding hydrogens is 476 g/mol. The van der Waals surface area contributed by atoms with Gasteiger partial charge in [-0.1, -0.05) is 41.7 Å². The second-order valence-electron chi connectivity index (χ2n) is 8.60. The molecule has 5 rings (SSSR count). The fourth-order valence-corrected chi connectivity index (χ4v) is 5.69. The summed E-state index contributed by atoms with van der Waals surface area (Å²) in [6, 6.07) is 17.0. The molecule has 1 atom stereocenters. The summed E-state index contributed by atoms with van der Waals surface area (Å²) in [7, 11) is 3.08. The van der Waals surface area contributed by atoms with E-state index in [1.807, 2.05) is 26.0 Å². The average Bonchev–Trinajstić information content (AvgIpc) is 3.42. The molecule has 0 bridgehead atoms. The van der Waals surface area contributed by atoms with E-state index in [-0.39, 0.29) is 11.3 Å². The Morgan fingerprint density at radius 2 is 1.69 bits per heavy atom. The molecule has 3 aromatic carbocycles. The van der Waals surface area contributed by atoms with Gasteiger partial charge in [-0.05, 0) is 60.9 Å². The summed E-state index contributed by atoms with van der Waals surface area (Å²) in [5, 5.41) is 11.7. The van der Waals surface area contributed by atoms with E-state index in [0.717, 1.165) is 21.3 Å². The van der Waals surface area contributed by atoms with Gasteiger partial charge in [0.05, 0.1) is 36.1 Å². The third kappa shape index (κ3) is 3.89. The Labute approximate surface area is 212 Å². The molecule has 1 amide bonds. The van der Waals surface area contributed by atoms with Crippen molar-refractivity contribution in [2.24, 2.45) is 0 Å². The lowest BCUT2D eigenvalue weighted by molar-refractivity contribution is -0.132. The minimum absolute atomic E-state index is 0.00872. The number of methoxy groups -OCH3 is 2. The van der Waals surface area contributed by atoms with Crippen LogP contribution in [0.5, 0.6) is 11.5 Å². The lowest BCUT2D eigenvalue weighted by Crippen LogP contribution is -2.29. The Hall–Kier alpha value is -4.17. The molecule has 1 fully saturated rings. The van der Waals surface area contributed by atoms with Crippen LogP contribution in [0.1, 0.15) is 28.3 Å². The Kier molecular flexibility index (Phi) is 5.97. The predicted octanol–water partition coefficient (Wildman–Crippen LogP) is 5.56. The first-order valence-corrected chi connectivity index (χ1v) is 12.1.